The molecule has 0 atom stereocenters. The number of carbonyl (C=O) groups is 2. The van der Waals surface area contributed by atoms with Crippen LogP contribution in [0.1, 0.15) is 42.6 Å². The second-order valence-electron chi connectivity index (χ2n) is 4.05. The first-order chi connectivity index (χ1) is 8.09. The van der Waals surface area contributed by atoms with Crippen molar-refractivity contribution < 1.29 is 9.59 Å². The Labute approximate surface area is 107 Å². The summed E-state index contributed by atoms with van der Waals surface area (Å²) < 4.78 is 0. The lowest BCUT2D eigenvalue weighted by molar-refractivity contribution is -0.109. The number of rotatable bonds is 6. The van der Waals surface area contributed by atoms with E-state index in [9.17, 15) is 9.59 Å². The zero-order valence-corrected chi connectivity index (χ0v) is 11.2. The standard InChI is InChI=1S/C14H18O2S/c1-11(15)14-8-6-13(7-9-14)5-3-4-10-17-12(2)16/h6-9H,3-5,10H2,1-2H3. The Bertz CT molecular complexity index is 382. The number of ketones is 1. The van der Waals surface area contributed by atoms with E-state index in [2.05, 4.69) is 0 Å². The molecule has 0 aliphatic rings. The monoisotopic (exact) mass is 250 g/mol. The number of Topliss-reactive ketones (excluding diaryl/α,β-unsaturated/α-hetero) is 1. The third kappa shape index (κ3) is 5.68. The number of carbonyl (C=O) groups excluding carboxylic acids is 2. The molecule has 0 radical (unpaired) electrons. The maximum Gasteiger partial charge on any atom is 0.185 e. The Balaban J connectivity index is 2.27. The predicted octanol–water partition coefficient (Wildman–Crippen LogP) is 3.49. The molecule has 0 aromatic heterocycles. The second-order valence-corrected chi connectivity index (χ2v) is 5.32. The Hall–Kier alpha value is -1.09. The zero-order valence-electron chi connectivity index (χ0n) is 10.4. The molecule has 1 rings (SSSR count). The van der Waals surface area contributed by atoms with Gasteiger partial charge in [-0.25, -0.2) is 0 Å². The van der Waals surface area contributed by atoms with Crippen LogP contribution in [0.15, 0.2) is 24.3 Å². The van der Waals surface area contributed by atoms with Crippen LogP contribution in [-0.4, -0.2) is 16.7 Å². The largest absolute Gasteiger partial charge is 0.295 e. The van der Waals surface area contributed by atoms with Crippen LogP contribution in [0.25, 0.3) is 0 Å². The van der Waals surface area contributed by atoms with E-state index in [1.807, 2.05) is 24.3 Å². The predicted molar refractivity (Wildman–Crippen MR) is 72.5 cm³/mol. The van der Waals surface area contributed by atoms with Gasteiger partial charge < -0.3 is 0 Å². The number of hydrogen-bond donors (Lipinski definition) is 0. The van der Waals surface area contributed by atoms with Gasteiger partial charge in [-0.2, -0.15) is 0 Å². The molecule has 0 aliphatic carbocycles. The molecule has 0 bridgehead atoms. The molecule has 17 heavy (non-hydrogen) atoms. The number of benzene rings is 1. The van der Waals surface area contributed by atoms with E-state index >= 15 is 0 Å². The molecular formula is C14H18O2S. The van der Waals surface area contributed by atoms with Crippen molar-refractivity contribution in [2.45, 2.75) is 33.1 Å². The Kier molecular flexibility index (Phi) is 5.98. The first-order valence-electron chi connectivity index (χ1n) is 5.83. The quantitative estimate of drug-likeness (QED) is 0.572. The molecule has 3 heteroatoms. The highest BCUT2D eigenvalue weighted by molar-refractivity contribution is 8.13. The fraction of sp³-hybridized carbons (Fsp3) is 0.429. The zero-order chi connectivity index (χ0) is 12.7. The maximum absolute atomic E-state index is 11.1. The minimum Gasteiger partial charge on any atom is -0.295 e. The first kappa shape index (κ1) is 14.0. The van der Waals surface area contributed by atoms with E-state index in [0.29, 0.717) is 0 Å². The lowest BCUT2D eigenvalue weighted by atomic mass is 10.1. The molecule has 1 aromatic rings. The van der Waals surface area contributed by atoms with Gasteiger partial charge in [0.25, 0.3) is 0 Å². The average molecular weight is 250 g/mol. The molecular weight excluding hydrogens is 232 g/mol. The fourth-order valence-corrected chi connectivity index (χ4v) is 2.19. The summed E-state index contributed by atoms with van der Waals surface area (Å²) in [5.41, 5.74) is 2.02. The van der Waals surface area contributed by atoms with Crippen molar-refractivity contribution in [1.82, 2.24) is 0 Å². The topological polar surface area (TPSA) is 34.1 Å². The number of hydrogen-bond acceptors (Lipinski definition) is 3. The third-order valence-electron chi connectivity index (χ3n) is 2.53. The second kappa shape index (κ2) is 7.28. The highest BCUT2D eigenvalue weighted by Crippen LogP contribution is 2.11. The minimum atomic E-state index is 0.106. The molecule has 0 saturated heterocycles. The van der Waals surface area contributed by atoms with Gasteiger partial charge >= 0.3 is 0 Å². The van der Waals surface area contributed by atoms with Crippen LogP contribution in [-0.2, 0) is 11.2 Å². The van der Waals surface area contributed by atoms with Crippen LogP contribution in [0.2, 0.25) is 0 Å². The van der Waals surface area contributed by atoms with Gasteiger partial charge in [-0.3, -0.25) is 9.59 Å². The molecule has 92 valence electrons. The lowest BCUT2D eigenvalue weighted by Crippen LogP contribution is -1.93. The van der Waals surface area contributed by atoms with E-state index in [0.717, 1.165) is 30.6 Å². The number of unbranched alkanes of at least 4 members (excludes halogenated alkanes) is 1. The highest BCUT2D eigenvalue weighted by atomic mass is 32.2. The molecule has 0 spiro atoms. The molecule has 0 N–H and O–H groups in total. The minimum absolute atomic E-state index is 0.106. The van der Waals surface area contributed by atoms with Crippen LogP contribution in [0.5, 0.6) is 0 Å². The van der Waals surface area contributed by atoms with Crippen molar-refractivity contribution in [2.24, 2.45) is 0 Å². The van der Waals surface area contributed by atoms with Gasteiger partial charge in [0.15, 0.2) is 10.9 Å². The van der Waals surface area contributed by atoms with Crippen LogP contribution in [0, 0.1) is 0 Å². The fourth-order valence-electron chi connectivity index (χ4n) is 1.55. The van der Waals surface area contributed by atoms with Gasteiger partial charge in [-0.15, -0.1) is 0 Å². The van der Waals surface area contributed by atoms with Crippen LogP contribution in [0.4, 0.5) is 0 Å². The van der Waals surface area contributed by atoms with Gasteiger partial charge in [0.1, 0.15) is 0 Å². The van der Waals surface area contributed by atoms with Gasteiger partial charge in [-0.1, -0.05) is 36.0 Å². The van der Waals surface area contributed by atoms with Crippen molar-refractivity contribution in [3.63, 3.8) is 0 Å². The van der Waals surface area contributed by atoms with Gasteiger partial charge in [-0.05, 0) is 31.7 Å². The molecule has 0 heterocycles. The molecule has 0 unspecified atom stereocenters. The van der Waals surface area contributed by atoms with Gasteiger partial charge in [0.05, 0.1) is 0 Å². The average Bonchev–Trinajstić information content (AvgIpc) is 2.29. The normalized spacial score (nSPS) is 10.2. The Morgan fingerprint density at radius 3 is 2.24 bits per heavy atom. The van der Waals surface area contributed by atoms with Gasteiger partial charge in [0.2, 0.25) is 0 Å². The number of thioether (sulfide) groups is 1. The van der Waals surface area contributed by atoms with E-state index < -0.39 is 0 Å². The van der Waals surface area contributed by atoms with Crippen molar-refractivity contribution in [3.05, 3.63) is 35.4 Å². The van der Waals surface area contributed by atoms with Crippen LogP contribution >= 0.6 is 11.8 Å². The van der Waals surface area contributed by atoms with E-state index in [4.69, 9.17) is 0 Å². The maximum atomic E-state index is 11.1. The Morgan fingerprint density at radius 1 is 1.06 bits per heavy atom. The van der Waals surface area contributed by atoms with Gasteiger partial charge in [0, 0.05) is 18.2 Å². The van der Waals surface area contributed by atoms with Crippen LogP contribution < -0.4 is 0 Å². The van der Waals surface area contributed by atoms with Crippen molar-refractivity contribution in [1.29, 1.82) is 0 Å². The molecule has 0 saturated carbocycles. The summed E-state index contributed by atoms with van der Waals surface area (Å²) in [5, 5.41) is 0.191. The van der Waals surface area contributed by atoms with E-state index in [1.54, 1.807) is 13.8 Å². The first-order valence-corrected chi connectivity index (χ1v) is 6.81. The van der Waals surface area contributed by atoms with Crippen molar-refractivity contribution in [3.8, 4) is 0 Å². The molecule has 2 nitrogen and oxygen atoms in total. The van der Waals surface area contributed by atoms with Crippen molar-refractivity contribution >= 4 is 22.7 Å². The SMILES string of the molecule is CC(=O)SCCCCc1ccc(C(C)=O)cc1. The van der Waals surface area contributed by atoms with Crippen LogP contribution in [0.3, 0.4) is 0 Å². The number of aryl methyl sites for hydroxylation is 1. The third-order valence-corrected chi connectivity index (χ3v) is 3.42. The summed E-state index contributed by atoms with van der Waals surface area (Å²) >= 11 is 1.39. The molecule has 0 aliphatic heterocycles. The molecule has 0 fully saturated rings. The Morgan fingerprint density at radius 2 is 1.71 bits per heavy atom. The van der Waals surface area contributed by atoms with E-state index in [1.165, 1.54) is 17.3 Å². The molecule has 1 aromatic carbocycles. The highest BCUT2D eigenvalue weighted by Gasteiger charge is 1.99. The smallest absolute Gasteiger partial charge is 0.185 e. The van der Waals surface area contributed by atoms with E-state index in [-0.39, 0.29) is 10.9 Å². The summed E-state index contributed by atoms with van der Waals surface area (Å²) in [5.74, 6) is 1.01. The summed E-state index contributed by atoms with van der Waals surface area (Å²) in [7, 11) is 0. The summed E-state index contributed by atoms with van der Waals surface area (Å²) in [6.07, 6.45) is 3.15. The molecule has 0 amide bonds. The summed E-state index contributed by atoms with van der Waals surface area (Å²) in [6.45, 7) is 3.18. The summed E-state index contributed by atoms with van der Waals surface area (Å²) in [4.78, 5) is 21.8. The lowest BCUT2D eigenvalue weighted by Gasteiger charge is -2.02. The van der Waals surface area contributed by atoms with Crippen molar-refractivity contribution in [2.75, 3.05) is 5.75 Å². The summed E-state index contributed by atoms with van der Waals surface area (Å²) in [6, 6.07) is 7.77.